The van der Waals surface area contributed by atoms with E-state index in [1.807, 2.05) is 43.3 Å². The molecule has 3 aromatic carbocycles. The summed E-state index contributed by atoms with van der Waals surface area (Å²) in [4.78, 5) is 13.4. The van der Waals surface area contributed by atoms with Gasteiger partial charge < -0.3 is 19.9 Å². The molecule has 1 aliphatic heterocycles. The van der Waals surface area contributed by atoms with Crippen molar-refractivity contribution < 1.29 is 30.6 Å². The van der Waals surface area contributed by atoms with E-state index in [0.29, 0.717) is 17.2 Å². The molecule has 9 heteroatoms. The maximum atomic E-state index is 13.3. The fourth-order valence-electron chi connectivity index (χ4n) is 4.35. The van der Waals surface area contributed by atoms with E-state index in [0.717, 1.165) is 35.1 Å². The third kappa shape index (κ3) is 4.69. The van der Waals surface area contributed by atoms with Gasteiger partial charge in [0.1, 0.15) is 0 Å². The molecule has 36 heavy (non-hydrogen) atoms. The lowest BCUT2D eigenvalue weighted by Gasteiger charge is -2.17. The first-order chi connectivity index (χ1) is 17.2. The molecule has 192 valence electrons. The number of aliphatic hydroxyl groups is 1. The lowest BCUT2D eigenvalue weighted by molar-refractivity contribution is -0.118. The van der Waals surface area contributed by atoms with Crippen LogP contribution in [0.2, 0.25) is 0 Å². The van der Waals surface area contributed by atoms with Gasteiger partial charge in [-0.1, -0.05) is 24.3 Å². The molecule has 1 atom stereocenters. The summed E-state index contributed by atoms with van der Waals surface area (Å²) in [5, 5.41) is 12.4. The normalized spacial score (nSPS) is 16.4. The monoisotopic (exact) mass is 512 g/mol. The number of sulfonamides is 1. The Morgan fingerprint density at radius 3 is 2.47 bits per heavy atom. The predicted octanol–water partition coefficient (Wildman–Crippen LogP) is 4.21. The zero-order chi connectivity index (χ0) is 25.5. The molecule has 0 radical (unpaired) electrons. The smallest absolute Gasteiger partial charge is 0.240 e. The van der Waals surface area contributed by atoms with Crippen molar-refractivity contribution in [2.75, 3.05) is 18.7 Å². The summed E-state index contributed by atoms with van der Waals surface area (Å²) < 4.78 is 38.1. The average Bonchev–Trinajstić information content (AvgIpc) is 3.55. The van der Waals surface area contributed by atoms with E-state index in [9.17, 15) is 18.3 Å². The Morgan fingerprint density at radius 1 is 1.06 bits per heavy atom. The van der Waals surface area contributed by atoms with Crippen LogP contribution in [0.5, 0.6) is 11.5 Å². The van der Waals surface area contributed by atoms with E-state index in [4.69, 9.17) is 9.47 Å². The molecule has 5 rings (SSSR count). The van der Waals surface area contributed by atoms with Crippen LogP contribution in [0.1, 0.15) is 33.7 Å². The topological polar surface area (TPSA) is 114 Å². The standard InChI is InChI=1S/C27H28N2O6S.2H2/c1-17-3-7-21(14-23(17)19-4-8-22(9-5-19)36(32,33)28-15-18(2)30)29-26(31)27(11-12-27)20-6-10-24-25(13-20)35-16-34-24;;/h3-10,13-14,18,28,30H,11-12,15-16H2,1-2H3,(H,29,31);2*1H/t18-;;/m1../s1. The summed E-state index contributed by atoms with van der Waals surface area (Å²) in [7, 11) is -3.71. The molecule has 1 aliphatic carbocycles. The SMILES string of the molecule is Cc1ccc(NC(=O)C2(c3ccc4c(c3)OCO4)CC2)cc1-c1ccc(S(=O)(=O)NC[C@@H](C)O)cc1.[HH].[HH]. The van der Waals surface area contributed by atoms with Crippen LogP contribution < -0.4 is 19.5 Å². The molecule has 1 saturated carbocycles. The highest BCUT2D eigenvalue weighted by Gasteiger charge is 2.51. The summed E-state index contributed by atoms with van der Waals surface area (Å²) >= 11 is 0. The van der Waals surface area contributed by atoms with Gasteiger partial charge in [-0.15, -0.1) is 0 Å². The van der Waals surface area contributed by atoms with Crippen molar-refractivity contribution >= 4 is 21.6 Å². The number of benzene rings is 3. The third-order valence-corrected chi connectivity index (χ3v) is 8.09. The number of hydrogen-bond donors (Lipinski definition) is 3. The number of amides is 1. The lowest BCUT2D eigenvalue weighted by Crippen LogP contribution is -2.30. The summed E-state index contributed by atoms with van der Waals surface area (Å²) in [6.07, 6.45) is 0.742. The van der Waals surface area contributed by atoms with Crippen molar-refractivity contribution in [2.24, 2.45) is 0 Å². The molecular weight excluding hydrogens is 480 g/mol. The summed E-state index contributed by atoms with van der Waals surface area (Å²) in [6, 6.07) is 17.9. The first kappa shape index (κ1) is 24.3. The van der Waals surface area contributed by atoms with E-state index < -0.39 is 21.5 Å². The summed E-state index contributed by atoms with van der Waals surface area (Å²) in [6.45, 7) is 3.61. The van der Waals surface area contributed by atoms with Gasteiger partial charge in [0.2, 0.25) is 22.7 Å². The molecule has 1 amide bonds. The predicted molar refractivity (Wildman–Crippen MR) is 140 cm³/mol. The number of rotatable bonds is 8. The van der Waals surface area contributed by atoms with E-state index in [1.54, 1.807) is 12.1 Å². The van der Waals surface area contributed by atoms with Crippen LogP contribution in [-0.4, -0.2) is 38.9 Å². The number of carbonyl (C=O) groups excluding carboxylic acids is 1. The Morgan fingerprint density at radius 2 is 1.78 bits per heavy atom. The van der Waals surface area contributed by atoms with Gasteiger partial charge in [0.05, 0.1) is 16.4 Å². The zero-order valence-electron chi connectivity index (χ0n) is 20.1. The van der Waals surface area contributed by atoms with Gasteiger partial charge in [-0.3, -0.25) is 4.79 Å². The highest BCUT2D eigenvalue weighted by atomic mass is 32.2. The minimum Gasteiger partial charge on any atom is -0.454 e. The number of nitrogens with one attached hydrogen (secondary N) is 2. The van der Waals surface area contributed by atoms with Crippen molar-refractivity contribution in [3.8, 4) is 22.6 Å². The van der Waals surface area contributed by atoms with Gasteiger partial charge in [0, 0.05) is 15.1 Å². The number of hydrogen-bond acceptors (Lipinski definition) is 6. The van der Waals surface area contributed by atoms with Crippen LogP contribution in [0.4, 0.5) is 5.69 Å². The largest absolute Gasteiger partial charge is 0.454 e. The minimum atomic E-state index is -3.71. The first-order valence-corrected chi connectivity index (χ1v) is 13.3. The average molecular weight is 513 g/mol. The van der Waals surface area contributed by atoms with Crippen molar-refractivity contribution in [1.82, 2.24) is 4.72 Å². The van der Waals surface area contributed by atoms with Crippen LogP contribution in [0.25, 0.3) is 11.1 Å². The molecule has 0 spiro atoms. The Kier molecular flexibility index (Phi) is 6.23. The van der Waals surface area contributed by atoms with Gasteiger partial charge in [-0.05, 0) is 85.3 Å². The van der Waals surface area contributed by atoms with Gasteiger partial charge in [0.25, 0.3) is 0 Å². The van der Waals surface area contributed by atoms with Crippen molar-refractivity contribution in [1.29, 1.82) is 0 Å². The fraction of sp³-hybridized carbons (Fsp3) is 0.296. The van der Waals surface area contributed by atoms with Gasteiger partial charge in [-0.25, -0.2) is 13.1 Å². The van der Waals surface area contributed by atoms with Gasteiger partial charge in [0.15, 0.2) is 11.5 Å². The van der Waals surface area contributed by atoms with Crippen LogP contribution in [0, 0.1) is 6.92 Å². The second-order valence-corrected chi connectivity index (χ2v) is 11.1. The molecular formula is C27H32N2O6S. The molecule has 0 unspecified atom stereocenters. The Bertz CT molecular complexity index is 1420. The molecule has 8 nitrogen and oxygen atoms in total. The van der Waals surface area contributed by atoms with Crippen molar-refractivity contribution in [2.45, 2.75) is 43.1 Å². The van der Waals surface area contributed by atoms with Crippen LogP contribution in [0.15, 0.2) is 65.6 Å². The maximum absolute atomic E-state index is 13.3. The number of carbonyl (C=O) groups is 1. The van der Waals surface area contributed by atoms with E-state index in [1.165, 1.54) is 19.1 Å². The number of fused-ring (bicyclic) bond motifs is 1. The lowest BCUT2D eigenvalue weighted by atomic mass is 9.94. The number of aryl methyl sites for hydroxylation is 1. The van der Waals surface area contributed by atoms with E-state index >= 15 is 0 Å². The Hall–Kier alpha value is -3.40. The summed E-state index contributed by atoms with van der Waals surface area (Å²) in [5.41, 5.74) is 3.71. The molecule has 0 bridgehead atoms. The van der Waals surface area contributed by atoms with Gasteiger partial charge in [-0.2, -0.15) is 0 Å². The molecule has 0 aromatic heterocycles. The van der Waals surface area contributed by atoms with E-state index in [-0.39, 0.29) is 27.0 Å². The number of aliphatic hydroxyl groups excluding tert-OH is 1. The van der Waals surface area contributed by atoms with Crippen LogP contribution >= 0.6 is 0 Å². The molecule has 0 saturated heterocycles. The van der Waals surface area contributed by atoms with Crippen LogP contribution in [0.3, 0.4) is 0 Å². The molecule has 1 fully saturated rings. The van der Waals surface area contributed by atoms with Crippen molar-refractivity contribution in [3.63, 3.8) is 0 Å². The third-order valence-electron chi connectivity index (χ3n) is 6.65. The molecule has 3 aromatic rings. The molecule has 1 heterocycles. The Balaban J connectivity index is 0.00000200. The molecule has 3 N–H and O–H groups in total. The maximum Gasteiger partial charge on any atom is 0.240 e. The highest BCUT2D eigenvalue weighted by molar-refractivity contribution is 7.89. The quantitative estimate of drug-likeness (QED) is 0.417. The van der Waals surface area contributed by atoms with Crippen LogP contribution in [-0.2, 0) is 20.2 Å². The number of ether oxygens (including phenoxy) is 2. The zero-order valence-corrected chi connectivity index (χ0v) is 20.9. The molecule has 2 aliphatic rings. The summed E-state index contributed by atoms with van der Waals surface area (Å²) in [5.74, 6) is 1.29. The fourth-order valence-corrected chi connectivity index (χ4v) is 5.48. The van der Waals surface area contributed by atoms with Gasteiger partial charge >= 0.3 is 0 Å². The highest BCUT2D eigenvalue weighted by Crippen LogP contribution is 2.51. The minimum absolute atomic E-state index is 0. The number of anilines is 1. The second kappa shape index (κ2) is 9.24. The first-order valence-electron chi connectivity index (χ1n) is 11.8. The Labute approximate surface area is 213 Å². The van der Waals surface area contributed by atoms with E-state index in [2.05, 4.69) is 10.0 Å². The van der Waals surface area contributed by atoms with Crippen molar-refractivity contribution in [3.05, 3.63) is 71.8 Å². The second-order valence-electron chi connectivity index (χ2n) is 9.36.